The third kappa shape index (κ3) is 3.19. The van der Waals surface area contributed by atoms with E-state index in [1.807, 2.05) is 24.3 Å². The van der Waals surface area contributed by atoms with Crippen LogP contribution in [-0.4, -0.2) is 58.0 Å². The minimum Gasteiger partial charge on any atom is -0.448 e. The molecule has 0 unspecified atom stereocenters. The SMILES string of the molecule is O=C(CN1CCOC1=O)N1CCc2nc(-c3ccc(Cl)cc3)[nH]c2C1. The van der Waals surface area contributed by atoms with Crippen LogP contribution in [0.3, 0.4) is 0 Å². The zero-order valence-corrected chi connectivity index (χ0v) is 14.3. The standard InChI is InChI=1S/C17H17ClN4O3/c18-12-3-1-11(2-4-12)16-19-13-5-6-21(9-14(13)20-16)15(23)10-22-7-8-25-17(22)24/h1-4H,5-10H2,(H,19,20). The fraction of sp³-hybridized carbons (Fsp3) is 0.353. The summed E-state index contributed by atoms with van der Waals surface area (Å²) >= 11 is 5.92. The Balaban J connectivity index is 1.46. The van der Waals surface area contributed by atoms with Gasteiger partial charge in [0.25, 0.3) is 0 Å². The number of ether oxygens (including phenoxy) is 1. The molecule has 1 aromatic carbocycles. The molecule has 0 radical (unpaired) electrons. The van der Waals surface area contributed by atoms with Crippen LogP contribution in [0.5, 0.6) is 0 Å². The molecule has 7 nitrogen and oxygen atoms in total. The molecule has 4 rings (SSSR count). The van der Waals surface area contributed by atoms with Crippen molar-refractivity contribution in [3.05, 3.63) is 40.7 Å². The number of hydrogen-bond acceptors (Lipinski definition) is 4. The van der Waals surface area contributed by atoms with E-state index in [-0.39, 0.29) is 12.5 Å². The van der Waals surface area contributed by atoms with Crippen molar-refractivity contribution >= 4 is 23.6 Å². The smallest absolute Gasteiger partial charge is 0.410 e. The highest BCUT2D eigenvalue weighted by Gasteiger charge is 2.29. The number of carbonyl (C=O) groups excluding carboxylic acids is 2. The number of aromatic amines is 1. The number of nitrogens with one attached hydrogen (secondary N) is 1. The summed E-state index contributed by atoms with van der Waals surface area (Å²) in [4.78, 5) is 35.1. The molecule has 2 aliphatic heterocycles. The fourth-order valence-electron chi connectivity index (χ4n) is 3.08. The monoisotopic (exact) mass is 360 g/mol. The van der Waals surface area contributed by atoms with Crippen molar-refractivity contribution in [1.82, 2.24) is 19.8 Å². The number of aromatic nitrogens is 2. The molecule has 130 valence electrons. The second kappa shape index (κ2) is 6.40. The van der Waals surface area contributed by atoms with Gasteiger partial charge in [-0.1, -0.05) is 11.6 Å². The predicted octanol–water partition coefficient (Wildman–Crippen LogP) is 2.07. The highest BCUT2D eigenvalue weighted by atomic mass is 35.5. The molecular weight excluding hydrogens is 344 g/mol. The molecule has 1 saturated heterocycles. The Morgan fingerprint density at radius 1 is 1.28 bits per heavy atom. The number of H-pyrrole nitrogens is 1. The lowest BCUT2D eigenvalue weighted by Crippen LogP contribution is -2.43. The highest BCUT2D eigenvalue weighted by Crippen LogP contribution is 2.24. The molecule has 2 amide bonds. The minimum absolute atomic E-state index is 0.0619. The summed E-state index contributed by atoms with van der Waals surface area (Å²) in [7, 11) is 0. The van der Waals surface area contributed by atoms with Crippen LogP contribution in [0, 0.1) is 0 Å². The zero-order chi connectivity index (χ0) is 17.4. The van der Waals surface area contributed by atoms with Gasteiger partial charge in [0.15, 0.2) is 0 Å². The first-order valence-electron chi connectivity index (χ1n) is 8.13. The Hall–Kier alpha value is -2.54. The summed E-state index contributed by atoms with van der Waals surface area (Å²) in [6.07, 6.45) is 0.271. The van der Waals surface area contributed by atoms with E-state index in [1.54, 1.807) is 4.90 Å². The largest absolute Gasteiger partial charge is 0.448 e. The number of imidazole rings is 1. The zero-order valence-electron chi connectivity index (χ0n) is 13.5. The van der Waals surface area contributed by atoms with Crippen LogP contribution in [0.2, 0.25) is 5.02 Å². The number of hydrogen-bond donors (Lipinski definition) is 1. The minimum atomic E-state index is -0.419. The Morgan fingerprint density at radius 2 is 2.08 bits per heavy atom. The van der Waals surface area contributed by atoms with Gasteiger partial charge in [0, 0.05) is 23.6 Å². The maximum absolute atomic E-state index is 12.5. The molecule has 2 aromatic rings. The van der Waals surface area contributed by atoms with Gasteiger partial charge in [-0.25, -0.2) is 9.78 Å². The van der Waals surface area contributed by atoms with E-state index in [0.717, 1.165) is 22.8 Å². The number of cyclic esters (lactones) is 1. The average molecular weight is 361 g/mol. The molecule has 0 saturated carbocycles. The Morgan fingerprint density at radius 3 is 2.80 bits per heavy atom. The number of amides is 2. The van der Waals surface area contributed by atoms with E-state index in [4.69, 9.17) is 16.3 Å². The van der Waals surface area contributed by atoms with Gasteiger partial charge in [0.05, 0.1) is 24.5 Å². The Labute approximate surface area is 149 Å². The third-order valence-corrected chi connectivity index (χ3v) is 4.73. The first-order valence-corrected chi connectivity index (χ1v) is 8.51. The number of nitrogens with zero attached hydrogens (tertiary/aromatic N) is 3. The lowest BCUT2D eigenvalue weighted by atomic mass is 10.1. The van der Waals surface area contributed by atoms with E-state index in [1.165, 1.54) is 4.90 Å². The van der Waals surface area contributed by atoms with Gasteiger partial charge in [-0.05, 0) is 24.3 Å². The number of rotatable bonds is 3. The Kier molecular flexibility index (Phi) is 4.09. The molecule has 1 N–H and O–H groups in total. The van der Waals surface area contributed by atoms with E-state index in [9.17, 15) is 9.59 Å². The second-order valence-corrected chi connectivity index (χ2v) is 6.56. The van der Waals surface area contributed by atoms with Gasteiger partial charge in [0.2, 0.25) is 5.91 Å². The molecule has 0 bridgehead atoms. The van der Waals surface area contributed by atoms with Gasteiger partial charge >= 0.3 is 6.09 Å². The normalized spacial score (nSPS) is 16.8. The van der Waals surface area contributed by atoms with Gasteiger partial charge in [-0.15, -0.1) is 0 Å². The summed E-state index contributed by atoms with van der Waals surface area (Å²) in [6.45, 7) is 1.94. The van der Waals surface area contributed by atoms with Crippen molar-refractivity contribution in [3.63, 3.8) is 0 Å². The molecule has 2 aliphatic rings. The molecule has 0 atom stereocenters. The van der Waals surface area contributed by atoms with Crippen molar-refractivity contribution in [2.45, 2.75) is 13.0 Å². The fourth-order valence-corrected chi connectivity index (χ4v) is 3.21. The van der Waals surface area contributed by atoms with Crippen molar-refractivity contribution in [2.24, 2.45) is 0 Å². The van der Waals surface area contributed by atoms with E-state index in [2.05, 4.69) is 9.97 Å². The van der Waals surface area contributed by atoms with Crippen LogP contribution < -0.4 is 0 Å². The summed E-state index contributed by atoms with van der Waals surface area (Å²) in [5.41, 5.74) is 2.87. The molecular formula is C17H17ClN4O3. The molecule has 8 heteroatoms. The highest BCUT2D eigenvalue weighted by molar-refractivity contribution is 6.30. The average Bonchev–Trinajstić information content (AvgIpc) is 3.21. The van der Waals surface area contributed by atoms with Crippen LogP contribution in [0.4, 0.5) is 4.79 Å². The van der Waals surface area contributed by atoms with Gasteiger partial charge in [0.1, 0.15) is 19.0 Å². The first kappa shape index (κ1) is 16.0. The third-order valence-electron chi connectivity index (χ3n) is 4.47. The maximum atomic E-state index is 12.5. The first-order chi connectivity index (χ1) is 12.1. The quantitative estimate of drug-likeness (QED) is 0.908. The molecule has 1 fully saturated rings. The summed E-state index contributed by atoms with van der Waals surface area (Å²) in [5.74, 6) is 0.700. The van der Waals surface area contributed by atoms with E-state index in [0.29, 0.717) is 37.7 Å². The summed E-state index contributed by atoms with van der Waals surface area (Å²) < 4.78 is 4.86. The summed E-state index contributed by atoms with van der Waals surface area (Å²) in [6, 6.07) is 7.47. The Bertz CT molecular complexity index is 818. The molecule has 0 aliphatic carbocycles. The van der Waals surface area contributed by atoms with Crippen LogP contribution in [0.15, 0.2) is 24.3 Å². The second-order valence-electron chi connectivity index (χ2n) is 6.12. The topological polar surface area (TPSA) is 78.5 Å². The van der Waals surface area contributed by atoms with Gasteiger partial charge < -0.3 is 14.6 Å². The van der Waals surface area contributed by atoms with E-state index < -0.39 is 6.09 Å². The van der Waals surface area contributed by atoms with Crippen LogP contribution in [0.25, 0.3) is 11.4 Å². The number of carbonyl (C=O) groups is 2. The van der Waals surface area contributed by atoms with Crippen molar-refractivity contribution in [3.8, 4) is 11.4 Å². The lowest BCUT2D eigenvalue weighted by Gasteiger charge is -2.27. The number of halogens is 1. The van der Waals surface area contributed by atoms with Crippen molar-refractivity contribution in [1.29, 1.82) is 0 Å². The van der Waals surface area contributed by atoms with Crippen LogP contribution in [-0.2, 0) is 22.5 Å². The molecule has 1 aromatic heterocycles. The van der Waals surface area contributed by atoms with Crippen molar-refractivity contribution in [2.75, 3.05) is 26.2 Å². The maximum Gasteiger partial charge on any atom is 0.410 e. The molecule has 0 spiro atoms. The molecule has 3 heterocycles. The number of benzene rings is 1. The lowest BCUT2D eigenvalue weighted by molar-refractivity contribution is -0.132. The summed E-state index contributed by atoms with van der Waals surface area (Å²) in [5, 5.41) is 0.678. The molecule has 25 heavy (non-hydrogen) atoms. The predicted molar refractivity (Wildman–Crippen MR) is 91.1 cm³/mol. The van der Waals surface area contributed by atoms with Crippen LogP contribution in [0.1, 0.15) is 11.4 Å². The van der Waals surface area contributed by atoms with Gasteiger partial charge in [-0.2, -0.15) is 0 Å². The van der Waals surface area contributed by atoms with Gasteiger partial charge in [-0.3, -0.25) is 9.69 Å². The van der Waals surface area contributed by atoms with Crippen LogP contribution >= 0.6 is 11.6 Å². The van der Waals surface area contributed by atoms with E-state index >= 15 is 0 Å². The van der Waals surface area contributed by atoms with Crippen molar-refractivity contribution < 1.29 is 14.3 Å². The number of fused-ring (bicyclic) bond motifs is 1.